The van der Waals surface area contributed by atoms with Crippen LogP contribution in [0.2, 0.25) is 0 Å². The number of hydrogen-bond donors (Lipinski definition) is 1. The van der Waals surface area contributed by atoms with Gasteiger partial charge in [0, 0.05) is 44.5 Å². The third kappa shape index (κ3) is 4.05. The van der Waals surface area contributed by atoms with E-state index in [4.69, 9.17) is 4.74 Å². The third-order valence-corrected chi connectivity index (χ3v) is 5.87. The van der Waals surface area contributed by atoms with Gasteiger partial charge in [-0.2, -0.15) is 0 Å². The van der Waals surface area contributed by atoms with E-state index in [2.05, 4.69) is 40.4 Å². The van der Waals surface area contributed by atoms with Crippen molar-refractivity contribution >= 4 is 11.6 Å². The van der Waals surface area contributed by atoms with Crippen molar-refractivity contribution in [3.63, 3.8) is 0 Å². The number of likely N-dealkylation sites (N-methyl/N-ethyl adjacent to an activating group) is 1. The van der Waals surface area contributed by atoms with Crippen LogP contribution in [0.3, 0.4) is 0 Å². The summed E-state index contributed by atoms with van der Waals surface area (Å²) in [5.41, 5.74) is 5.88. The molecule has 28 heavy (non-hydrogen) atoms. The smallest absolute Gasteiger partial charge is 0.251 e. The highest BCUT2D eigenvalue weighted by Gasteiger charge is 2.25. The lowest BCUT2D eigenvalue weighted by molar-refractivity contribution is 0.0162. The molecule has 1 amide bonds. The maximum absolute atomic E-state index is 12.6. The molecule has 0 bridgehead atoms. The second kappa shape index (κ2) is 8.33. The van der Waals surface area contributed by atoms with Crippen LogP contribution in [0.5, 0.6) is 0 Å². The van der Waals surface area contributed by atoms with E-state index in [0.717, 1.165) is 44.8 Å². The molecule has 148 valence electrons. The number of nitrogens with one attached hydrogen (secondary N) is 1. The van der Waals surface area contributed by atoms with E-state index in [-0.39, 0.29) is 11.9 Å². The Kier molecular flexibility index (Phi) is 5.64. The molecule has 2 heterocycles. The molecule has 1 fully saturated rings. The van der Waals surface area contributed by atoms with Gasteiger partial charge in [-0.25, -0.2) is 0 Å². The van der Waals surface area contributed by atoms with Crippen molar-refractivity contribution in [3.05, 3.63) is 64.7 Å². The molecule has 1 saturated heterocycles. The molecule has 1 atom stereocenters. The van der Waals surface area contributed by atoms with E-state index in [0.29, 0.717) is 12.1 Å². The van der Waals surface area contributed by atoms with Gasteiger partial charge >= 0.3 is 0 Å². The molecular formula is C23H29N3O2. The number of carbonyl (C=O) groups excluding carboxylic acids is 1. The quantitative estimate of drug-likeness (QED) is 0.868. The minimum absolute atomic E-state index is 0.0147. The van der Waals surface area contributed by atoms with Gasteiger partial charge in [0.05, 0.1) is 19.3 Å². The number of fused-ring (bicyclic) bond motifs is 1. The zero-order chi connectivity index (χ0) is 19.5. The van der Waals surface area contributed by atoms with Gasteiger partial charge in [0.15, 0.2) is 0 Å². The maximum atomic E-state index is 12.6. The Bertz CT molecular complexity index is 828. The predicted octanol–water partition coefficient (Wildman–Crippen LogP) is 2.79. The van der Waals surface area contributed by atoms with Gasteiger partial charge < -0.3 is 15.0 Å². The van der Waals surface area contributed by atoms with Crippen LogP contribution in [0.15, 0.2) is 42.5 Å². The second-order valence-corrected chi connectivity index (χ2v) is 7.80. The lowest BCUT2D eigenvalue weighted by atomic mass is 10.00. The van der Waals surface area contributed by atoms with Crippen molar-refractivity contribution < 1.29 is 9.53 Å². The number of benzene rings is 2. The number of hydrogen-bond acceptors (Lipinski definition) is 4. The molecule has 2 aromatic carbocycles. The van der Waals surface area contributed by atoms with Gasteiger partial charge in [0.2, 0.25) is 0 Å². The van der Waals surface area contributed by atoms with E-state index in [9.17, 15) is 4.79 Å². The minimum Gasteiger partial charge on any atom is -0.379 e. The fourth-order valence-electron chi connectivity index (χ4n) is 4.14. The number of morpholine rings is 1. The van der Waals surface area contributed by atoms with E-state index in [1.165, 1.54) is 16.8 Å². The van der Waals surface area contributed by atoms with Gasteiger partial charge in [-0.05, 0) is 42.7 Å². The molecule has 4 rings (SSSR count). The SMILES string of the molecule is Cc1ccc(C(=O)NC[C@@H](c2ccc3c(c2)CCN3C)N2CCOCC2)cc1. The van der Waals surface area contributed by atoms with Crippen LogP contribution >= 0.6 is 0 Å². The lowest BCUT2D eigenvalue weighted by Crippen LogP contribution is -2.43. The predicted molar refractivity (Wildman–Crippen MR) is 112 cm³/mol. The van der Waals surface area contributed by atoms with Crippen LogP contribution in [0, 0.1) is 6.92 Å². The Morgan fingerprint density at radius 3 is 2.61 bits per heavy atom. The summed E-state index contributed by atoms with van der Waals surface area (Å²) in [4.78, 5) is 17.4. The Morgan fingerprint density at radius 1 is 1.11 bits per heavy atom. The molecule has 0 radical (unpaired) electrons. The zero-order valence-electron chi connectivity index (χ0n) is 16.8. The summed E-state index contributed by atoms with van der Waals surface area (Å²) in [7, 11) is 2.15. The van der Waals surface area contributed by atoms with Crippen LogP contribution in [0.1, 0.15) is 33.1 Å². The first-order chi connectivity index (χ1) is 13.6. The molecular weight excluding hydrogens is 350 g/mol. The molecule has 0 aromatic heterocycles. The van der Waals surface area contributed by atoms with Crippen LogP contribution in [0.4, 0.5) is 5.69 Å². The van der Waals surface area contributed by atoms with Gasteiger partial charge in [0.25, 0.3) is 5.91 Å². The topological polar surface area (TPSA) is 44.8 Å². The number of amides is 1. The molecule has 5 nitrogen and oxygen atoms in total. The number of aryl methyl sites for hydroxylation is 1. The van der Waals surface area contributed by atoms with Crippen molar-refractivity contribution in [2.45, 2.75) is 19.4 Å². The largest absolute Gasteiger partial charge is 0.379 e. The van der Waals surface area contributed by atoms with Crippen molar-refractivity contribution in [1.82, 2.24) is 10.2 Å². The van der Waals surface area contributed by atoms with Gasteiger partial charge in [-0.1, -0.05) is 29.8 Å². The highest BCUT2D eigenvalue weighted by Crippen LogP contribution is 2.31. The molecule has 0 unspecified atom stereocenters. The van der Waals surface area contributed by atoms with Crippen molar-refractivity contribution in [2.24, 2.45) is 0 Å². The summed E-state index contributed by atoms with van der Waals surface area (Å²) in [5, 5.41) is 3.16. The Morgan fingerprint density at radius 2 is 1.86 bits per heavy atom. The average Bonchev–Trinajstić information content (AvgIpc) is 3.10. The monoisotopic (exact) mass is 379 g/mol. The summed E-state index contributed by atoms with van der Waals surface area (Å²) in [5.74, 6) is -0.0147. The molecule has 1 N–H and O–H groups in total. The number of nitrogens with zero attached hydrogens (tertiary/aromatic N) is 2. The van der Waals surface area contributed by atoms with Crippen molar-refractivity contribution in [3.8, 4) is 0 Å². The Labute approximate surface area is 167 Å². The zero-order valence-corrected chi connectivity index (χ0v) is 16.8. The molecule has 2 aromatic rings. The Hall–Kier alpha value is -2.37. The standard InChI is InChI=1S/C23H29N3O2/c1-17-3-5-18(6-4-17)23(27)24-16-22(26-11-13-28-14-12-26)19-7-8-21-20(15-19)9-10-25(21)2/h3-8,15,22H,9-14,16H2,1-2H3,(H,24,27)/t22-/m0/s1. The van der Waals surface area contributed by atoms with Crippen LogP contribution in [-0.2, 0) is 11.2 Å². The minimum atomic E-state index is -0.0147. The summed E-state index contributed by atoms with van der Waals surface area (Å²) < 4.78 is 5.54. The van der Waals surface area contributed by atoms with Crippen molar-refractivity contribution in [2.75, 3.05) is 51.3 Å². The van der Waals surface area contributed by atoms with Gasteiger partial charge in [0.1, 0.15) is 0 Å². The fraction of sp³-hybridized carbons (Fsp3) is 0.435. The Balaban J connectivity index is 1.52. The molecule has 2 aliphatic heterocycles. The van der Waals surface area contributed by atoms with Crippen LogP contribution in [-0.4, -0.2) is 57.2 Å². The van der Waals surface area contributed by atoms with E-state index < -0.39 is 0 Å². The maximum Gasteiger partial charge on any atom is 0.251 e. The van der Waals surface area contributed by atoms with Crippen molar-refractivity contribution in [1.29, 1.82) is 0 Å². The second-order valence-electron chi connectivity index (χ2n) is 7.80. The highest BCUT2D eigenvalue weighted by atomic mass is 16.5. The summed E-state index contributed by atoms with van der Waals surface area (Å²) in [6.45, 7) is 6.98. The molecule has 2 aliphatic rings. The summed E-state index contributed by atoms with van der Waals surface area (Å²) in [6, 6.07) is 14.7. The van der Waals surface area contributed by atoms with Crippen LogP contribution in [0.25, 0.3) is 0 Å². The summed E-state index contributed by atoms with van der Waals surface area (Å²) >= 11 is 0. The van der Waals surface area contributed by atoms with Gasteiger partial charge in [-0.15, -0.1) is 0 Å². The first-order valence-electron chi connectivity index (χ1n) is 10.1. The first-order valence-corrected chi connectivity index (χ1v) is 10.1. The van der Waals surface area contributed by atoms with E-state index in [1.54, 1.807) is 0 Å². The normalized spacial score (nSPS) is 18.0. The highest BCUT2D eigenvalue weighted by molar-refractivity contribution is 5.94. The molecule has 0 spiro atoms. The fourth-order valence-corrected chi connectivity index (χ4v) is 4.14. The van der Waals surface area contributed by atoms with E-state index in [1.807, 2.05) is 31.2 Å². The number of carbonyl (C=O) groups is 1. The lowest BCUT2D eigenvalue weighted by Gasteiger charge is -2.35. The number of rotatable bonds is 5. The molecule has 0 aliphatic carbocycles. The third-order valence-electron chi connectivity index (χ3n) is 5.87. The van der Waals surface area contributed by atoms with Crippen LogP contribution < -0.4 is 10.2 Å². The first kappa shape index (κ1) is 19.0. The number of ether oxygens (including phenoxy) is 1. The molecule has 5 heteroatoms. The number of anilines is 1. The molecule has 0 saturated carbocycles. The summed E-state index contributed by atoms with van der Waals surface area (Å²) in [6.07, 6.45) is 1.09. The average molecular weight is 380 g/mol. The van der Waals surface area contributed by atoms with E-state index >= 15 is 0 Å². The van der Waals surface area contributed by atoms with Gasteiger partial charge in [-0.3, -0.25) is 9.69 Å².